The van der Waals surface area contributed by atoms with E-state index in [0.717, 1.165) is 0 Å². The molecule has 11 heavy (non-hydrogen) atoms. The van der Waals surface area contributed by atoms with E-state index in [-0.39, 0.29) is 10.6 Å². The van der Waals surface area contributed by atoms with E-state index in [2.05, 4.69) is 34.6 Å². The first-order valence-corrected chi connectivity index (χ1v) is 6.45. The van der Waals surface area contributed by atoms with Crippen molar-refractivity contribution in [3.63, 3.8) is 0 Å². The van der Waals surface area contributed by atoms with Crippen LogP contribution in [0, 0.1) is 5.41 Å². The Labute approximate surface area is 69.9 Å². The van der Waals surface area contributed by atoms with Gasteiger partial charge in [-0.2, -0.15) is 0 Å². The van der Waals surface area contributed by atoms with Gasteiger partial charge >= 0.3 is 0 Å². The Morgan fingerprint density at radius 3 is 1.64 bits per heavy atom. The van der Waals surface area contributed by atoms with Crippen molar-refractivity contribution in [2.24, 2.45) is 5.41 Å². The molecule has 0 spiro atoms. The van der Waals surface area contributed by atoms with Crippen molar-refractivity contribution in [1.82, 2.24) is 0 Å². The fourth-order valence-electron chi connectivity index (χ4n) is 2.12. The lowest BCUT2D eigenvalue weighted by Gasteiger charge is -2.62. The average molecular weight is 174 g/mol. The van der Waals surface area contributed by atoms with Crippen LogP contribution < -0.4 is 0 Å². The smallest absolute Gasteiger partial charge is 0.0938 e. The second kappa shape index (κ2) is 1.93. The predicted molar refractivity (Wildman–Crippen MR) is 50.9 cm³/mol. The van der Waals surface area contributed by atoms with Crippen LogP contribution in [0.4, 0.5) is 0 Å². The van der Waals surface area contributed by atoms with E-state index in [1.807, 2.05) is 6.66 Å². The van der Waals surface area contributed by atoms with Gasteiger partial charge in [0.1, 0.15) is 0 Å². The van der Waals surface area contributed by atoms with Crippen molar-refractivity contribution in [3.8, 4) is 0 Å². The molecule has 0 aliphatic carbocycles. The van der Waals surface area contributed by atoms with Gasteiger partial charge in [-0.3, -0.25) is 0 Å². The monoisotopic (exact) mass is 174 g/mol. The highest BCUT2D eigenvalue weighted by Crippen LogP contribution is 2.79. The third-order valence-corrected chi connectivity index (χ3v) is 9.39. The second-order valence-corrected chi connectivity index (χ2v) is 8.82. The molecular formula is C9H19OP. The molecule has 1 aliphatic rings. The largest absolute Gasteiger partial charge is 0.323 e. The zero-order chi connectivity index (χ0) is 9.08. The zero-order valence-electron chi connectivity index (χ0n) is 8.43. The Kier molecular flexibility index (Phi) is 1.64. The molecule has 1 rings (SSSR count). The summed E-state index contributed by atoms with van der Waals surface area (Å²) >= 11 is 0. The van der Waals surface area contributed by atoms with Gasteiger partial charge in [-0.05, 0) is 12.1 Å². The Morgan fingerprint density at radius 2 is 1.55 bits per heavy atom. The molecule has 1 fully saturated rings. The maximum absolute atomic E-state index is 12.1. The summed E-state index contributed by atoms with van der Waals surface area (Å²) in [5.74, 6) is 0. The molecule has 1 heterocycles. The normalized spacial score (nSPS) is 46.5. The van der Waals surface area contributed by atoms with Gasteiger partial charge < -0.3 is 4.57 Å². The van der Waals surface area contributed by atoms with Crippen molar-refractivity contribution < 1.29 is 4.57 Å². The molecule has 0 aromatic heterocycles. The van der Waals surface area contributed by atoms with Gasteiger partial charge in [0.2, 0.25) is 0 Å². The average Bonchev–Trinajstić information content (AvgIpc) is 1.84. The van der Waals surface area contributed by atoms with Crippen LogP contribution in [0.1, 0.15) is 34.6 Å². The van der Waals surface area contributed by atoms with Crippen LogP contribution in [-0.4, -0.2) is 17.5 Å². The molecule has 1 nitrogen and oxygen atoms in total. The molecule has 0 aromatic carbocycles. The van der Waals surface area contributed by atoms with E-state index in [9.17, 15) is 4.57 Å². The summed E-state index contributed by atoms with van der Waals surface area (Å²) in [6.07, 6.45) is 0. The van der Waals surface area contributed by atoms with E-state index in [4.69, 9.17) is 0 Å². The van der Waals surface area contributed by atoms with Gasteiger partial charge in [0.05, 0.1) is 7.14 Å². The predicted octanol–water partition coefficient (Wildman–Crippen LogP) is 3.19. The van der Waals surface area contributed by atoms with Crippen LogP contribution in [0.25, 0.3) is 0 Å². The summed E-state index contributed by atoms with van der Waals surface area (Å²) in [5, 5.41) is 0.0411. The number of rotatable bonds is 0. The Balaban J connectivity index is 3.09. The third kappa shape index (κ3) is 0.758. The molecular weight excluding hydrogens is 155 g/mol. The lowest BCUT2D eigenvalue weighted by molar-refractivity contribution is 0.205. The summed E-state index contributed by atoms with van der Waals surface area (Å²) in [7, 11) is -1.88. The minimum atomic E-state index is -1.88. The molecule has 2 unspecified atom stereocenters. The van der Waals surface area contributed by atoms with Crippen molar-refractivity contribution in [2.75, 3.05) is 6.66 Å². The van der Waals surface area contributed by atoms with Crippen LogP contribution >= 0.6 is 7.14 Å². The molecule has 0 amide bonds. The first-order valence-electron chi connectivity index (χ1n) is 4.23. The van der Waals surface area contributed by atoms with Crippen molar-refractivity contribution >= 4 is 7.14 Å². The molecule has 0 N–H and O–H groups in total. The summed E-state index contributed by atoms with van der Waals surface area (Å²) in [6, 6.07) is 0. The van der Waals surface area contributed by atoms with E-state index in [0.29, 0.717) is 5.66 Å². The lowest BCUT2D eigenvalue weighted by Crippen LogP contribution is -2.57. The highest BCUT2D eigenvalue weighted by atomic mass is 31.2. The molecule has 2 atom stereocenters. The van der Waals surface area contributed by atoms with Crippen molar-refractivity contribution in [1.29, 1.82) is 0 Å². The van der Waals surface area contributed by atoms with Crippen LogP contribution in [-0.2, 0) is 4.57 Å². The summed E-state index contributed by atoms with van der Waals surface area (Å²) in [5.41, 5.74) is 0.641. The Hall–Kier alpha value is 0.230. The van der Waals surface area contributed by atoms with E-state index >= 15 is 0 Å². The zero-order valence-corrected chi connectivity index (χ0v) is 9.33. The Bertz CT molecular complexity index is 228. The quantitative estimate of drug-likeness (QED) is 0.515. The number of hydrogen-bond acceptors (Lipinski definition) is 1. The van der Waals surface area contributed by atoms with Crippen LogP contribution in [0.5, 0.6) is 0 Å². The van der Waals surface area contributed by atoms with E-state index in [1.54, 1.807) is 0 Å². The highest BCUT2D eigenvalue weighted by molar-refractivity contribution is 7.67. The summed E-state index contributed by atoms with van der Waals surface area (Å²) < 4.78 is 12.1. The van der Waals surface area contributed by atoms with Gasteiger partial charge in [0.15, 0.2) is 0 Å². The number of hydrogen-bond donors (Lipinski definition) is 0. The van der Waals surface area contributed by atoms with E-state index in [1.165, 1.54) is 0 Å². The molecule has 2 heteroatoms. The highest BCUT2D eigenvalue weighted by Gasteiger charge is 2.64. The topological polar surface area (TPSA) is 17.1 Å². The molecule has 1 aliphatic heterocycles. The van der Waals surface area contributed by atoms with Crippen LogP contribution in [0.2, 0.25) is 0 Å². The molecule has 0 saturated carbocycles. The fraction of sp³-hybridized carbons (Fsp3) is 1.00. The molecule has 0 aromatic rings. The SMILES string of the molecule is CC1C(C)(C)C(C)(C)P1(C)=O. The first kappa shape index (κ1) is 9.32. The maximum Gasteiger partial charge on any atom is 0.0938 e. The van der Waals surface area contributed by atoms with Gasteiger partial charge in [-0.1, -0.05) is 34.6 Å². The molecule has 0 bridgehead atoms. The lowest BCUT2D eigenvalue weighted by atomic mass is 9.76. The standard InChI is InChI=1S/C9H19OP/c1-7-8(2,3)9(4,5)11(7,6)10/h7H,1-6H3. The minimum Gasteiger partial charge on any atom is -0.323 e. The van der Waals surface area contributed by atoms with Gasteiger partial charge in [0, 0.05) is 10.8 Å². The van der Waals surface area contributed by atoms with Crippen molar-refractivity contribution in [2.45, 2.75) is 45.4 Å². The van der Waals surface area contributed by atoms with Gasteiger partial charge in [-0.25, -0.2) is 0 Å². The van der Waals surface area contributed by atoms with Crippen LogP contribution in [0.3, 0.4) is 0 Å². The van der Waals surface area contributed by atoms with Gasteiger partial charge in [0.25, 0.3) is 0 Å². The molecule has 1 saturated heterocycles. The minimum absolute atomic E-state index is 0.0411. The molecule has 66 valence electrons. The summed E-state index contributed by atoms with van der Waals surface area (Å²) in [4.78, 5) is 0. The van der Waals surface area contributed by atoms with Crippen molar-refractivity contribution in [3.05, 3.63) is 0 Å². The van der Waals surface area contributed by atoms with E-state index < -0.39 is 7.14 Å². The fourth-order valence-corrected chi connectivity index (χ4v) is 5.77. The summed E-state index contributed by atoms with van der Waals surface area (Å²) in [6.45, 7) is 12.8. The van der Waals surface area contributed by atoms with Crippen LogP contribution in [0.15, 0.2) is 0 Å². The first-order chi connectivity index (χ1) is 4.65. The Morgan fingerprint density at radius 1 is 1.18 bits per heavy atom. The third-order valence-electron chi connectivity index (χ3n) is 4.47. The maximum atomic E-state index is 12.1. The van der Waals surface area contributed by atoms with Gasteiger partial charge in [-0.15, -0.1) is 0 Å². The second-order valence-electron chi connectivity index (χ2n) is 4.95. The molecule has 0 radical (unpaired) electrons.